The SMILES string of the molecule is CNc1cc(-c2cc(C)cc(C)c2)ncn1. The Morgan fingerprint density at radius 3 is 2.25 bits per heavy atom. The first-order valence-electron chi connectivity index (χ1n) is 5.27. The van der Waals surface area contributed by atoms with Crippen LogP contribution in [0.3, 0.4) is 0 Å². The second kappa shape index (κ2) is 4.31. The second-order valence-corrected chi connectivity index (χ2v) is 3.91. The highest BCUT2D eigenvalue weighted by Crippen LogP contribution is 2.21. The lowest BCUT2D eigenvalue weighted by Gasteiger charge is -2.05. The van der Waals surface area contributed by atoms with E-state index < -0.39 is 0 Å². The Morgan fingerprint density at radius 2 is 1.62 bits per heavy atom. The highest BCUT2D eigenvalue weighted by molar-refractivity contribution is 5.63. The molecule has 0 aliphatic carbocycles. The van der Waals surface area contributed by atoms with Gasteiger partial charge in [0.05, 0.1) is 5.69 Å². The first-order chi connectivity index (χ1) is 7.69. The molecule has 0 aliphatic heterocycles. The van der Waals surface area contributed by atoms with Gasteiger partial charge in [-0.05, 0) is 26.0 Å². The van der Waals surface area contributed by atoms with Crippen molar-refractivity contribution in [3.8, 4) is 11.3 Å². The van der Waals surface area contributed by atoms with Gasteiger partial charge in [0, 0.05) is 18.7 Å². The van der Waals surface area contributed by atoms with Crippen LogP contribution in [0.5, 0.6) is 0 Å². The number of nitrogens with one attached hydrogen (secondary N) is 1. The van der Waals surface area contributed by atoms with Crippen molar-refractivity contribution in [3.05, 3.63) is 41.7 Å². The Labute approximate surface area is 95.6 Å². The van der Waals surface area contributed by atoms with Gasteiger partial charge in [-0.15, -0.1) is 0 Å². The lowest BCUT2D eigenvalue weighted by molar-refractivity contribution is 1.16. The highest BCUT2D eigenvalue weighted by Gasteiger charge is 2.02. The maximum Gasteiger partial charge on any atom is 0.129 e. The molecule has 1 aromatic heterocycles. The highest BCUT2D eigenvalue weighted by atomic mass is 15.0. The molecule has 0 fully saturated rings. The molecule has 0 bridgehead atoms. The number of hydrogen-bond acceptors (Lipinski definition) is 3. The van der Waals surface area contributed by atoms with Crippen LogP contribution in [0.4, 0.5) is 5.82 Å². The zero-order valence-corrected chi connectivity index (χ0v) is 9.78. The van der Waals surface area contributed by atoms with Crippen molar-refractivity contribution < 1.29 is 0 Å². The van der Waals surface area contributed by atoms with Crippen molar-refractivity contribution in [2.75, 3.05) is 12.4 Å². The predicted molar refractivity (Wildman–Crippen MR) is 66.5 cm³/mol. The molecule has 0 radical (unpaired) electrons. The molecule has 0 spiro atoms. The van der Waals surface area contributed by atoms with Gasteiger partial charge in [-0.3, -0.25) is 0 Å². The summed E-state index contributed by atoms with van der Waals surface area (Å²) in [5.41, 5.74) is 4.58. The van der Waals surface area contributed by atoms with Crippen LogP contribution < -0.4 is 5.32 Å². The molecular weight excluding hydrogens is 198 g/mol. The van der Waals surface area contributed by atoms with Gasteiger partial charge in [-0.1, -0.05) is 17.2 Å². The molecule has 0 unspecified atom stereocenters. The van der Waals surface area contributed by atoms with Crippen LogP contribution in [-0.2, 0) is 0 Å². The van der Waals surface area contributed by atoms with Crippen molar-refractivity contribution in [1.29, 1.82) is 0 Å². The minimum atomic E-state index is 0.837. The van der Waals surface area contributed by atoms with Crippen LogP contribution in [0.25, 0.3) is 11.3 Å². The van der Waals surface area contributed by atoms with E-state index in [1.807, 2.05) is 13.1 Å². The molecule has 0 saturated heterocycles. The molecule has 0 saturated carbocycles. The fourth-order valence-corrected chi connectivity index (χ4v) is 1.77. The minimum Gasteiger partial charge on any atom is -0.373 e. The average molecular weight is 213 g/mol. The monoisotopic (exact) mass is 213 g/mol. The molecule has 0 aliphatic rings. The van der Waals surface area contributed by atoms with E-state index in [-0.39, 0.29) is 0 Å². The molecule has 3 nitrogen and oxygen atoms in total. The van der Waals surface area contributed by atoms with Crippen LogP contribution in [0.1, 0.15) is 11.1 Å². The van der Waals surface area contributed by atoms with Gasteiger partial charge in [-0.25, -0.2) is 9.97 Å². The number of aryl methyl sites for hydroxylation is 2. The quantitative estimate of drug-likeness (QED) is 0.833. The Bertz CT molecular complexity index is 486. The second-order valence-electron chi connectivity index (χ2n) is 3.91. The van der Waals surface area contributed by atoms with Gasteiger partial charge in [0.25, 0.3) is 0 Å². The van der Waals surface area contributed by atoms with Gasteiger partial charge < -0.3 is 5.32 Å². The zero-order valence-electron chi connectivity index (χ0n) is 9.78. The lowest BCUT2D eigenvalue weighted by Crippen LogP contribution is -1.94. The number of benzene rings is 1. The standard InChI is InChI=1S/C13H15N3/c1-9-4-10(2)6-11(5-9)12-7-13(14-3)16-8-15-12/h4-8H,1-3H3,(H,14,15,16). The van der Waals surface area contributed by atoms with Gasteiger partial charge >= 0.3 is 0 Å². The largest absolute Gasteiger partial charge is 0.373 e. The van der Waals surface area contributed by atoms with Crippen LogP contribution in [-0.4, -0.2) is 17.0 Å². The van der Waals surface area contributed by atoms with E-state index in [1.54, 1.807) is 6.33 Å². The van der Waals surface area contributed by atoms with Gasteiger partial charge in [0.1, 0.15) is 12.1 Å². The third-order valence-electron chi connectivity index (χ3n) is 2.44. The van der Waals surface area contributed by atoms with E-state index in [0.717, 1.165) is 17.1 Å². The maximum absolute atomic E-state index is 4.29. The van der Waals surface area contributed by atoms with E-state index in [9.17, 15) is 0 Å². The maximum atomic E-state index is 4.29. The molecule has 0 atom stereocenters. The molecule has 1 heterocycles. The number of nitrogens with zero attached hydrogens (tertiary/aromatic N) is 2. The summed E-state index contributed by atoms with van der Waals surface area (Å²) in [6, 6.07) is 8.38. The summed E-state index contributed by atoms with van der Waals surface area (Å²) in [5.74, 6) is 0.837. The predicted octanol–water partition coefficient (Wildman–Crippen LogP) is 2.80. The lowest BCUT2D eigenvalue weighted by atomic mass is 10.0. The summed E-state index contributed by atoms with van der Waals surface area (Å²) in [5, 5.41) is 3.02. The minimum absolute atomic E-state index is 0.837. The summed E-state index contributed by atoms with van der Waals surface area (Å²) in [7, 11) is 1.85. The van der Waals surface area contributed by atoms with Gasteiger partial charge in [0.2, 0.25) is 0 Å². The molecule has 0 amide bonds. The normalized spacial score (nSPS) is 10.2. The van der Waals surface area contributed by atoms with Crippen molar-refractivity contribution in [2.24, 2.45) is 0 Å². The van der Waals surface area contributed by atoms with Gasteiger partial charge in [0.15, 0.2) is 0 Å². The Balaban J connectivity index is 2.49. The molecule has 2 rings (SSSR count). The van der Waals surface area contributed by atoms with E-state index in [4.69, 9.17) is 0 Å². The Hall–Kier alpha value is -1.90. The third-order valence-corrected chi connectivity index (χ3v) is 2.44. The molecule has 3 heteroatoms. The van der Waals surface area contributed by atoms with Crippen LogP contribution in [0, 0.1) is 13.8 Å². The number of aromatic nitrogens is 2. The summed E-state index contributed by atoms with van der Waals surface area (Å²) in [6.07, 6.45) is 1.58. The van der Waals surface area contributed by atoms with Crippen LogP contribution in [0.2, 0.25) is 0 Å². The van der Waals surface area contributed by atoms with E-state index >= 15 is 0 Å². The van der Waals surface area contributed by atoms with Crippen LogP contribution >= 0.6 is 0 Å². The topological polar surface area (TPSA) is 37.8 Å². The van der Waals surface area contributed by atoms with Gasteiger partial charge in [-0.2, -0.15) is 0 Å². The molecular formula is C13H15N3. The van der Waals surface area contributed by atoms with Crippen LogP contribution in [0.15, 0.2) is 30.6 Å². The molecule has 16 heavy (non-hydrogen) atoms. The zero-order chi connectivity index (χ0) is 11.5. The Morgan fingerprint density at radius 1 is 0.938 bits per heavy atom. The summed E-state index contributed by atoms with van der Waals surface area (Å²) in [6.45, 7) is 4.19. The number of anilines is 1. The number of hydrogen-bond donors (Lipinski definition) is 1. The van der Waals surface area contributed by atoms with E-state index in [0.29, 0.717) is 0 Å². The fraction of sp³-hybridized carbons (Fsp3) is 0.231. The van der Waals surface area contributed by atoms with Crippen molar-refractivity contribution >= 4 is 5.82 Å². The van der Waals surface area contributed by atoms with Crippen molar-refractivity contribution in [1.82, 2.24) is 9.97 Å². The average Bonchev–Trinajstić information content (AvgIpc) is 2.28. The summed E-state index contributed by atoms with van der Waals surface area (Å²) >= 11 is 0. The molecule has 1 N–H and O–H groups in total. The van der Waals surface area contributed by atoms with Crippen molar-refractivity contribution in [3.63, 3.8) is 0 Å². The summed E-state index contributed by atoms with van der Waals surface area (Å²) < 4.78 is 0. The van der Waals surface area contributed by atoms with Crippen molar-refractivity contribution in [2.45, 2.75) is 13.8 Å². The summed E-state index contributed by atoms with van der Waals surface area (Å²) in [4.78, 5) is 8.39. The molecule has 2 aromatic rings. The first-order valence-corrected chi connectivity index (χ1v) is 5.27. The Kier molecular flexibility index (Phi) is 2.86. The smallest absolute Gasteiger partial charge is 0.129 e. The molecule has 82 valence electrons. The fourth-order valence-electron chi connectivity index (χ4n) is 1.77. The first kappa shape index (κ1) is 10.6. The third kappa shape index (κ3) is 2.19. The molecule has 1 aromatic carbocycles. The number of rotatable bonds is 2. The van der Waals surface area contributed by atoms with E-state index in [2.05, 4.69) is 47.3 Å². The van der Waals surface area contributed by atoms with E-state index in [1.165, 1.54) is 11.1 Å².